The molecule has 2 rings (SSSR count). The Morgan fingerprint density at radius 2 is 2.38 bits per heavy atom. The van der Waals surface area contributed by atoms with Gasteiger partial charge in [-0.2, -0.15) is 5.10 Å². The van der Waals surface area contributed by atoms with Gasteiger partial charge in [0.1, 0.15) is 0 Å². The molecular weight excluding hydrogens is 202 g/mol. The van der Waals surface area contributed by atoms with E-state index >= 15 is 0 Å². The molecule has 1 aliphatic rings. The van der Waals surface area contributed by atoms with Crippen molar-refractivity contribution < 1.29 is 4.74 Å². The predicted octanol–water partition coefficient (Wildman–Crippen LogP) is 1.82. The second-order valence-electron chi connectivity index (χ2n) is 4.56. The van der Waals surface area contributed by atoms with Gasteiger partial charge < -0.3 is 10.1 Å². The van der Waals surface area contributed by atoms with Crippen LogP contribution in [0.5, 0.6) is 0 Å². The monoisotopic (exact) mass is 223 g/mol. The number of hydrogen-bond acceptors (Lipinski definition) is 3. The van der Waals surface area contributed by atoms with E-state index in [-0.39, 0.29) is 0 Å². The van der Waals surface area contributed by atoms with E-state index in [0.717, 1.165) is 24.6 Å². The molecule has 1 heterocycles. The van der Waals surface area contributed by atoms with Gasteiger partial charge >= 0.3 is 0 Å². The van der Waals surface area contributed by atoms with E-state index in [0.29, 0.717) is 6.04 Å². The summed E-state index contributed by atoms with van der Waals surface area (Å²) in [6.07, 6.45) is 5.67. The van der Waals surface area contributed by atoms with Crippen LogP contribution in [-0.4, -0.2) is 29.5 Å². The van der Waals surface area contributed by atoms with Crippen LogP contribution in [0.3, 0.4) is 0 Å². The number of ether oxygens (including phenoxy) is 1. The molecule has 0 amide bonds. The van der Waals surface area contributed by atoms with Gasteiger partial charge in [-0.15, -0.1) is 0 Å². The first-order valence-electron chi connectivity index (χ1n) is 6.02. The molecule has 90 valence electrons. The zero-order valence-electron chi connectivity index (χ0n) is 10.4. The van der Waals surface area contributed by atoms with Crippen molar-refractivity contribution in [3.8, 4) is 0 Å². The zero-order chi connectivity index (χ0) is 11.5. The fourth-order valence-corrected chi connectivity index (χ4v) is 2.09. The molecule has 0 saturated heterocycles. The fraction of sp³-hybridized carbons (Fsp3) is 0.750. The van der Waals surface area contributed by atoms with Crippen LogP contribution in [0.15, 0.2) is 6.20 Å². The highest BCUT2D eigenvalue weighted by Crippen LogP contribution is 2.34. The third-order valence-electron chi connectivity index (χ3n) is 3.12. The van der Waals surface area contributed by atoms with Gasteiger partial charge in [0, 0.05) is 20.4 Å². The summed E-state index contributed by atoms with van der Waals surface area (Å²) in [5.74, 6) is 0.782. The first kappa shape index (κ1) is 11.5. The summed E-state index contributed by atoms with van der Waals surface area (Å²) >= 11 is 0. The third-order valence-corrected chi connectivity index (χ3v) is 3.12. The summed E-state index contributed by atoms with van der Waals surface area (Å²) in [6, 6.07) is 0.444. The first-order valence-corrected chi connectivity index (χ1v) is 6.02. The molecule has 1 N–H and O–H groups in total. The minimum atomic E-state index is 0.444. The van der Waals surface area contributed by atoms with Crippen LogP contribution in [0.4, 0.5) is 5.69 Å². The van der Waals surface area contributed by atoms with Crippen LogP contribution < -0.4 is 5.32 Å². The fourth-order valence-electron chi connectivity index (χ4n) is 2.09. The number of aromatic nitrogens is 2. The highest BCUT2D eigenvalue weighted by Gasteiger charge is 2.31. The summed E-state index contributed by atoms with van der Waals surface area (Å²) in [4.78, 5) is 0. The molecule has 1 fully saturated rings. The Hall–Kier alpha value is -1.03. The number of nitrogens with zero attached hydrogens (tertiary/aromatic N) is 2. The Kier molecular flexibility index (Phi) is 3.49. The second-order valence-corrected chi connectivity index (χ2v) is 4.56. The number of methoxy groups -OCH3 is 1. The molecule has 0 aromatic carbocycles. The standard InChI is InChI=1S/C12H21N3O/c1-4-10-11(7-15(2)14-10)13-12(8-16-3)9-5-6-9/h7,9,12-13H,4-6,8H2,1-3H3. The van der Waals surface area contributed by atoms with E-state index in [1.54, 1.807) is 7.11 Å². The Balaban J connectivity index is 2.04. The number of hydrogen-bond donors (Lipinski definition) is 1. The molecule has 4 nitrogen and oxygen atoms in total. The Bertz CT molecular complexity index is 344. The lowest BCUT2D eigenvalue weighted by molar-refractivity contribution is 0.179. The van der Waals surface area contributed by atoms with Crippen LogP contribution in [0.25, 0.3) is 0 Å². The molecule has 0 radical (unpaired) electrons. The highest BCUT2D eigenvalue weighted by atomic mass is 16.5. The average molecular weight is 223 g/mol. The normalized spacial score (nSPS) is 17.4. The molecule has 0 aliphatic heterocycles. The van der Waals surface area contributed by atoms with Crippen LogP contribution in [-0.2, 0) is 18.2 Å². The summed E-state index contributed by atoms with van der Waals surface area (Å²) in [7, 11) is 3.73. The number of aryl methyl sites for hydroxylation is 2. The van der Waals surface area contributed by atoms with Crippen LogP contribution in [0.2, 0.25) is 0 Å². The van der Waals surface area contributed by atoms with E-state index in [1.165, 1.54) is 18.5 Å². The van der Waals surface area contributed by atoms with E-state index < -0.39 is 0 Å². The lowest BCUT2D eigenvalue weighted by Gasteiger charge is -2.18. The minimum Gasteiger partial charge on any atom is -0.383 e. The zero-order valence-corrected chi connectivity index (χ0v) is 10.4. The molecule has 4 heteroatoms. The molecule has 1 aromatic heterocycles. The van der Waals surface area contributed by atoms with Crippen LogP contribution >= 0.6 is 0 Å². The number of rotatable bonds is 6. The van der Waals surface area contributed by atoms with E-state index in [9.17, 15) is 0 Å². The van der Waals surface area contributed by atoms with Crippen LogP contribution in [0.1, 0.15) is 25.5 Å². The van der Waals surface area contributed by atoms with Crippen molar-refractivity contribution in [1.29, 1.82) is 0 Å². The van der Waals surface area contributed by atoms with Gasteiger partial charge in [0.2, 0.25) is 0 Å². The van der Waals surface area contributed by atoms with Crippen LogP contribution in [0, 0.1) is 5.92 Å². The highest BCUT2D eigenvalue weighted by molar-refractivity contribution is 5.47. The molecule has 16 heavy (non-hydrogen) atoms. The van der Waals surface area contributed by atoms with Crippen molar-refractivity contribution in [3.63, 3.8) is 0 Å². The van der Waals surface area contributed by atoms with Crippen molar-refractivity contribution >= 4 is 5.69 Å². The van der Waals surface area contributed by atoms with E-state index in [2.05, 4.69) is 23.5 Å². The van der Waals surface area contributed by atoms with Crippen molar-refractivity contribution in [2.75, 3.05) is 19.0 Å². The quantitative estimate of drug-likeness (QED) is 0.799. The summed E-state index contributed by atoms with van der Waals surface area (Å²) in [5, 5.41) is 8.01. The van der Waals surface area contributed by atoms with Crippen molar-refractivity contribution in [3.05, 3.63) is 11.9 Å². The maximum Gasteiger partial charge on any atom is 0.0853 e. The number of nitrogens with one attached hydrogen (secondary N) is 1. The molecule has 1 unspecified atom stereocenters. The van der Waals surface area contributed by atoms with Gasteiger partial charge in [0.15, 0.2) is 0 Å². The Morgan fingerprint density at radius 3 is 2.94 bits per heavy atom. The SMILES string of the molecule is CCc1nn(C)cc1NC(COC)C1CC1. The number of anilines is 1. The van der Waals surface area contributed by atoms with Gasteiger partial charge in [0.25, 0.3) is 0 Å². The van der Waals surface area contributed by atoms with Crippen molar-refractivity contribution in [2.24, 2.45) is 13.0 Å². The topological polar surface area (TPSA) is 39.1 Å². The first-order chi connectivity index (χ1) is 7.74. The van der Waals surface area contributed by atoms with Gasteiger partial charge in [-0.05, 0) is 25.2 Å². The summed E-state index contributed by atoms with van der Waals surface area (Å²) in [6.45, 7) is 2.92. The predicted molar refractivity (Wildman–Crippen MR) is 64.6 cm³/mol. The van der Waals surface area contributed by atoms with Crippen molar-refractivity contribution in [2.45, 2.75) is 32.2 Å². The van der Waals surface area contributed by atoms with Crippen molar-refractivity contribution in [1.82, 2.24) is 9.78 Å². The van der Waals surface area contributed by atoms with Gasteiger partial charge in [0.05, 0.1) is 24.0 Å². The second kappa shape index (κ2) is 4.87. The molecule has 0 bridgehead atoms. The molecular formula is C12H21N3O. The van der Waals surface area contributed by atoms with Gasteiger partial charge in [-0.3, -0.25) is 4.68 Å². The molecule has 1 atom stereocenters. The smallest absolute Gasteiger partial charge is 0.0853 e. The summed E-state index contributed by atoms with van der Waals surface area (Å²) in [5.41, 5.74) is 2.31. The molecule has 1 saturated carbocycles. The lowest BCUT2D eigenvalue weighted by atomic mass is 10.2. The van der Waals surface area contributed by atoms with E-state index in [1.807, 2.05) is 11.7 Å². The molecule has 0 spiro atoms. The maximum absolute atomic E-state index is 5.27. The van der Waals surface area contributed by atoms with E-state index in [4.69, 9.17) is 4.74 Å². The lowest BCUT2D eigenvalue weighted by Crippen LogP contribution is -2.27. The minimum absolute atomic E-state index is 0.444. The summed E-state index contributed by atoms with van der Waals surface area (Å²) < 4.78 is 7.14. The third kappa shape index (κ3) is 2.55. The molecule has 1 aliphatic carbocycles. The molecule has 1 aromatic rings. The van der Waals surface area contributed by atoms with Gasteiger partial charge in [-0.25, -0.2) is 0 Å². The van der Waals surface area contributed by atoms with Gasteiger partial charge in [-0.1, -0.05) is 6.92 Å². The Morgan fingerprint density at radius 1 is 1.62 bits per heavy atom. The maximum atomic E-state index is 5.27. The largest absolute Gasteiger partial charge is 0.383 e. The Labute approximate surface area is 97.0 Å². The average Bonchev–Trinajstić information content (AvgIpc) is 3.03.